The number of urea groups is 1. The van der Waals surface area contributed by atoms with E-state index >= 15 is 0 Å². The first-order chi connectivity index (χ1) is 11.0. The fraction of sp³-hybridized carbons (Fsp3) is 0.316. The van der Waals surface area contributed by atoms with E-state index < -0.39 is 5.60 Å². The van der Waals surface area contributed by atoms with Gasteiger partial charge in [-0.15, -0.1) is 0 Å². The molecular formula is C19H22N2O2. The quantitative estimate of drug-likeness (QED) is 0.815. The molecule has 4 nitrogen and oxygen atoms in total. The molecule has 0 aromatic heterocycles. The Bertz CT molecular complexity index is 722. The molecule has 1 atom stereocenters. The summed E-state index contributed by atoms with van der Waals surface area (Å²) in [5.41, 5.74) is 4.07. The molecule has 0 bridgehead atoms. The molecule has 3 N–H and O–H groups in total. The lowest BCUT2D eigenvalue weighted by Gasteiger charge is -2.24. The summed E-state index contributed by atoms with van der Waals surface area (Å²) in [7, 11) is 0. The Balaban J connectivity index is 1.63. The summed E-state index contributed by atoms with van der Waals surface area (Å²) in [5, 5.41) is 16.4. The average molecular weight is 310 g/mol. The third kappa shape index (κ3) is 3.37. The van der Waals surface area contributed by atoms with Crippen LogP contribution in [0.5, 0.6) is 0 Å². The molecule has 0 spiro atoms. The number of amides is 2. The Morgan fingerprint density at radius 2 is 1.87 bits per heavy atom. The van der Waals surface area contributed by atoms with Gasteiger partial charge in [-0.05, 0) is 61.1 Å². The number of benzene rings is 2. The van der Waals surface area contributed by atoms with Crippen LogP contribution in [0.3, 0.4) is 0 Å². The second-order valence-electron chi connectivity index (χ2n) is 6.37. The van der Waals surface area contributed by atoms with E-state index in [9.17, 15) is 9.90 Å². The van der Waals surface area contributed by atoms with E-state index in [4.69, 9.17) is 0 Å². The van der Waals surface area contributed by atoms with Gasteiger partial charge in [0.25, 0.3) is 0 Å². The van der Waals surface area contributed by atoms with Crippen molar-refractivity contribution in [1.82, 2.24) is 5.32 Å². The van der Waals surface area contributed by atoms with Gasteiger partial charge in [0.1, 0.15) is 5.60 Å². The van der Waals surface area contributed by atoms with E-state index in [2.05, 4.69) is 16.7 Å². The van der Waals surface area contributed by atoms with Gasteiger partial charge < -0.3 is 15.7 Å². The molecule has 1 aliphatic rings. The molecule has 2 aromatic carbocycles. The number of fused-ring (bicyclic) bond motifs is 1. The van der Waals surface area contributed by atoms with Gasteiger partial charge in [0, 0.05) is 5.69 Å². The molecular weight excluding hydrogens is 288 g/mol. The van der Waals surface area contributed by atoms with Crippen molar-refractivity contribution in [1.29, 1.82) is 0 Å². The zero-order valence-electron chi connectivity index (χ0n) is 13.5. The molecule has 0 fully saturated rings. The Kier molecular flexibility index (Phi) is 4.09. The molecule has 4 heteroatoms. The fourth-order valence-corrected chi connectivity index (χ4v) is 3.30. The molecule has 0 saturated carbocycles. The van der Waals surface area contributed by atoms with Crippen LogP contribution in [-0.2, 0) is 12.0 Å². The van der Waals surface area contributed by atoms with Crippen molar-refractivity contribution in [2.45, 2.75) is 32.3 Å². The monoisotopic (exact) mass is 310 g/mol. The minimum Gasteiger partial charge on any atom is -0.383 e. The van der Waals surface area contributed by atoms with E-state index in [1.165, 1.54) is 0 Å². The second-order valence-corrected chi connectivity index (χ2v) is 6.37. The highest BCUT2D eigenvalue weighted by Gasteiger charge is 2.36. The van der Waals surface area contributed by atoms with Crippen molar-refractivity contribution in [2.75, 3.05) is 11.9 Å². The summed E-state index contributed by atoms with van der Waals surface area (Å²) >= 11 is 0. The number of carbonyl (C=O) groups excluding carboxylic acids is 1. The summed E-state index contributed by atoms with van der Waals surface area (Å²) in [4.78, 5) is 12.1. The van der Waals surface area contributed by atoms with E-state index in [1.54, 1.807) is 0 Å². The van der Waals surface area contributed by atoms with Crippen LogP contribution in [0.15, 0.2) is 42.5 Å². The molecule has 0 aliphatic heterocycles. The molecule has 1 unspecified atom stereocenters. The van der Waals surface area contributed by atoms with E-state index in [1.807, 2.05) is 50.2 Å². The third-order valence-electron chi connectivity index (χ3n) is 4.35. The van der Waals surface area contributed by atoms with Crippen LogP contribution < -0.4 is 10.6 Å². The largest absolute Gasteiger partial charge is 0.383 e. The molecule has 0 saturated heterocycles. The molecule has 0 radical (unpaired) electrons. The smallest absolute Gasteiger partial charge is 0.319 e. The third-order valence-corrected chi connectivity index (χ3v) is 4.35. The normalized spacial score (nSPS) is 19.3. The van der Waals surface area contributed by atoms with Crippen LogP contribution in [0.25, 0.3) is 0 Å². The van der Waals surface area contributed by atoms with Crippen molar-refractivity contribution >= 4 is 11.7 Å². The highest BCUT2D eigenvalue weighted by atomic mass is 16.3. The highest BCUT2D eigenvalue weighted by molar-refractivity contribution is 5.89. The summed E-state index contributed by atoms with van der Waals surface area (Å²) in [5.74, 6) is 0. The number of anilines is 1. The number of rotatable bonds is 3. The SMILES string of the molecule is Cc1cc(C)cc(NC(=O)NCC2(O)CCc3ccccc32)c1. The summed E-state index contributed by atoms with van der Waals surface area (Å²) in [6, 6.07) is 13.5. The van der Waals surface area contributed by atoms with Crippen molar-refractivity contribution < 1.29 is 9.90 Å². The minimum atomic E-state index is -0.976. The fourth-order valence-electron chi connectivity index (χ4n) is 3.30. The molecule has 23 heavy (non-hydrogen) atoms. The molecule has 2 aromatic rings. The highest BCUT2D eigenvalue weighted by Crippen LogP contribution is 2.36. The van der Waals surface area contributed by atoms with Gasteiger partial charge in [-0.25, -0.2) is 4.79 Å². The number of hydrogen-bond acceptors (Lipinski definition) is 2. The molecule has 120 valence electrons. The van der Waals surface area contributed by atoms with E-state index in [-0.39, 0.29) is 12.6 Å². The number of carbonyl (C=O) groups is 1. The lowest BCUT2D eigenvalue weighted by Crippen LogP contribution is -2.41. The van der Waals surface area contributed by atoms with Crippen molar-refractivity contribution in [2.24, 2.45) is 0 Å². The van der Waals surface area contributed by atoms with Gasteiger partial charge in [-0.1, -0.05) is 30.3 Å². The Morgan fingerprint density at radius 1 is 1.17 bits per heavy atom. The summed E-state index contributed by atoms with van der Waals surface area (Å²) in [6.07, 6.45) is 1.48. The van der Waals surface area contributed by atoms with Crippen LogP contribution in [0.4, 0.5) is 10.5 Å². The van der Waals surface area contributed by atoms with Crippen LogP contribution in [0.2, 0.25) is 0 Å². The van der Waals surface area contributed by atoms with Crippen molar-refractivity contribution in [3.8, 4) is 0 Å². The van der Waals surface area contributed by atoms with E-state index in [0.29, 0.717) is 6.42 Å². The second kappa shape index (κ2) is 6.05. The maximum atomic E-state index is 12.1. The first-order valence-electron chi connectivity index (χ1n) is 7.90. The predicted octanol–water partition coefficient (Wildman–Crippen LogP) is 3.26. The van der Waals surface area contributed by atoms with Crippen molar-refractivity contribution in [3.63, 3.8) is 0 Å². The summed E-state index contributed by atoms with van der Waals surface area (Å²) in [6.45, 7) is 4.20. The maximum Gasteiger partial charge on any atom is 0.319 e. The van der Waals surface area contributed by atoms with Gasteiger partial charge >= 0.3 is 6.03 Å². The van der Waals surface area contributed by atoms with Crippen LogP contribution in [0.1, 0.15) is 28.7 Å². The van der Waals surface area contributed by atoms with Crippen LogP contribution >= 0.6 is 0 Å². The van der Waals surface area contributed by atoms with E-state index in [0.717, 1.165) is 34.4 Å². The standard InChI is InChI=1S/C19H22N2O2/c1-13-9-14(2)11-16(10-13)21-18(22)20-12-19(23)8-7-15-5-3-4-6-17(15)19/h3-6,9-11,23H,7-8,12H2,1-2H3,(H2,20,21,22). The van der Waals surface area contributed by atoms with Gasteiger partial charge in [0.15, 0.2) is 0 Å². The molecule has 1 aliphatic carbocycles. The lowest BCUT2D eigenvalue weighted by atomic mass is 9.96. The van der Waals surface area contributed by atoms with Gasteiger partial charge in [-0.3, -0.25) is 0 Å². The molecule has 2 amide bonds. The Labute approximate surface area is 136 Å². The average Bonchev–Trinajstić information content (AvgIpc) is 2.83. The topological polar surface area (TPSA) is 61.4 Å². The number of aliphatic hydroxyl groups is 1. The minimum absolute atomic E-state index is 0.209. The number of nitrogens with one attached hydrogen (secondary N) is 2. The zero-order chi connectivity index (χ0) is 16.4. The molecule has 0 heterocycles. The van der Waals surface area contributed by atoms with Crippen molar-refractivity contribution in [3.05, 3.63) is 64.7 Å². The lowest BCUT2D eigenvalue weighted by molar-refractivity contribution is 0.0417. The number of hydrogen-bond donors (Lipinski definition) is 3. The first kappa shape index (κ1) is 15.6. The molecule has 3 rings (SSSR count). The zero-order valence-corrected chi connectivity index (χ0v) is 13.5. The van der Waals surface area contributed by atoms with Crippen LogP contribution in [-0.4, -0.2) is 17.7 Å². The van der Waals surface area contributed by atoms with Crippen LogP contribution in [0, 0.1) is 13.8 Å². The maximum absolute atomic E-state index is 12.1. The van der Waals surface area contributed by atoms with Gasteiger partial charge in [0.05, 0.1) is 6.54 Å². The first-order valence-corrected chi connectivity index (χ1v) is 7.90. The number of aryl methyl sites for hydroxylation is 3. The Morgan fingerprint density at radius 3 is 2.61 bits per heavy atom. The van der Waals surface area contributed by atoms with Gasteiger partial charge in [0.2, 0.25) is 0 Å². The predicted molar refractivity (Wildman–Crippen MR) is 91.6 cm³/mol. The summed E-state index contributed by atoms with van der Waals surface area (Å²) < 4.78 is 0. The van der Waals surface area contributed by atoms with Gasteiger partial charge in [-0.2, -0.15) is 0 Å². The Hall–Kier alpha value is -2.33.